The standard InChI is InChI=1S/C19H21NO4/c1-14(12-19(22)23)11-18(21)20-16-7-9-17(10-8-16)24-13-15-5-3-2-4-6-15/h2-10,14H,11-13H2,1H3,(H,20,21)(H,22,23)/p-1/t14-/m0/s1. The van der Waals surface area contributed by atoms with Crippen molar-refractivity contribution >= 4 is 17.6 Å². The number of hydrogen-bond acceptors (Lipinski definition) is 4. The molecule has 0 aliphatic rings. The quantitative estimate of drug-likeness (QED) is 0.808. The van der Waals surface area contributed by atoms with Crippen molar-refractivity contribution in [2.45, 2.75) is 26.4 Å². The van der Waals surface area contributed by atoms with Crippen LogP contribution in [0, 0.1) is 5.92 Å². The van der Waals surface area contributed by atoms with E-state index in [4.69, 9.17) is 4.74 Å². The van der Waals surface area contributed by atoms with Crippen LogP contribution in [0.5, 0.6) is 5.75 Å². The maximum atomic E-state index is 11.8. The number of carboxylic acids is 1. The molecule has 0 aliphatic carbocycles. The zero-order chi connectivity index (χ0) is 17.4. The molecule has 0 aliphatic heterocycles. The monoisotopic (exact) mass is 326 g/mol. The first kappa shape index (κ1) is 17.5. The number of hydrogen-bond donors (Lipinski definition) is 1. The van der Waals surface area contributed by atoms with Crippen LogP contribution in [0.4, 0.5) is 5.69 Å². The predicted molar refractivity (Wildman–Crippen MR) is 89.3 cm³/mol. The molecular weight excluding hydrogens is 306 g/mol. The summed E-state index contributed by atoms with van der Waals surface area (Å²) >= 11 is 0. The van der Waals surface area contributed by atoms with Crippen molar-refractivity contribution in [1.82, 2.24) is 0 Å². The molecule has 1 amide bonds. The maximum Gasteiger partial charge on any atom is 0.224 e. The fraction of sp³-hybridized carbons (Fsp3) is 0.263. The molecular formula is C19H20NO4-. The Morgan fingerprint density at radius 1 is 1.04 bits per heavy atom. The van der Waals surface area contributed by atoms with Gasteiger partial charge in [0.05, 0.1) is 0 Å². The zero-order valence-electron chi connectivity index (χ0n) is 13.5. The Labute approximate surface area is 141 Å². The fourth-order valence-corrected chi connectivity index (χ4v) is 2.26. The van der Waals surface area contributed by atoms with Crippen LogP contribution < -0.4 is 15.2 Å². The second kappa shape index (κ2) is 8.72. The third-order valence-corrected chi connectivity index (χ3v) is 3.44. The van der Waals surface area contributed by atoms with E-state index >= 15 is 0 Å². The first-order chi connectivity index (χ1) is 11.5. The van der Waals surface area contributed by atoms with Crippen molar-refractivity contribution in [2.75, 3.05) is 5.32 Å². The molecule has 2 aromatic rings. The van der Waals surface area contributed by atoms with E-state index in [9.17, 15) is 14.7 Å². The topological polar surface area (TPSA) is 78.5 Å². The molecule has 0 spiro atoms. The third kappa shape index (κ3) is 6.12. The summed E-state index contributed by atoms with van der Waals surface area (Å²) in [6.07, 6.45) is 0.0138. The highest BCUT2D eigenvalue weighted by Crippen LogP contribution is 2.18. The largest absolute Gasteiger partial charge is 0.550 e. The number of carboxylic acid groups (broad SMARTS) is 1. The van der Waals surface area contributed by atoms with Gasteiger partial charge in [-0.15, -0.1) is 0 Å². The Balaban J connectivity index is 1.81. The number of nitrogens with one attached hydrogen (secondary N) is 1. The van der Waals surface area contributed by atoms with Crippen molar-refractivity contribution in [3.8, 4) is 5.75 Å². The molecule has 0 radical (unpaired) electrons. The van der Waals surface area contributed by atoms with Gasteiger partial charge in [0, 0.05) is 18.1 Å². The molecule has 1 atom stereocenters. The number of ether oxygens (including phenoxy) is 1. The molecule has 2 rings (SSSR count). The van der Waals surface area contributed by atoms with E-state index < -0.39 is 5.97 Å². The Hall–Kier alpha value is -2.82. The average Bonchev–Trinajstić information content (AvgIpc) is 2.54. The number of aliphatic carboxylic acids is 1. The molecule has 0 heterocycles. The summed E-state index contributed by atoms with van der Waals surface area (Å²) in [7, 11) is 0. The van der Waals surface area contributed by atoms with Gasteiger partial charge in [0.15, 0.2) is 0 Å². The smallest absolute Gasteiger partial charge is 0.224 e. The fourth-order valence-electron chi connectivity index (χ4n) is 2.26. The number of anilines is 1. The van der Waals surface area contributed by atoms with E-state index in [0.29, 0.717) is 18.0 Å². The van der Waals surface area contributed by atoms with E-state index in [1.54, 1.807) is 31.2 Å². The second-order valence-electron chi connectivity index (χ2n) is 5.73. The highest BCUT2D eigenvalue weighted by Gasteiger charge is 2.09. The normalized spacial score (nSPS) is 11.5. The SMILES string of the molecule is C[C@H](CC(=O)[O-])CC(=O)Nc1ccc(OCc2ccccc2)cc1. The summed E-state index contributed by atoms with van der Waals surface area (Å²) in [6, 6.07) is 16.9. The van der Waals surface area contributed by atoms with E-state index in [1.165, 1.54) is 0 Å². The van der Waals surface area contributed by atoms with Gasteiger partial charge in [-0.3, -0.25) is 4.79 Å². The van der Waals surface area contributed by atoms with Crippen LogP contribution in [-0.4, -0.2) is 11.9 Å². The van der Waals surface area contributed by atoms with Gasteiger partial charge in [-0.05, 0) is 42.2 Å². The van der Waals surface area contributed by atoms with E-state index in [2.05, 4.69) is 5.32 Å². The first-order valence-electron chi connectivity index (χ1n) is 7.79. The molecule has 0 unspecified atom stereocenters. The lowest BCUT2D eigenvalue weighted by Crippen LogP contribution is -2.26. The Kier molecular flexibility index (Phi) is 6.37. The van der Waals surface area contributed by atoms with Crippen LogP contribution in [-0.2, 0) is 16.2 Å². The van der Waals surface area contributed by atoms with Crippen molar-refractivity contribution in [3.05, 3.63) is 60.2 Å². The third-order valence-electron chi connectivity index (χ3n) is 3.44. The Bertz CT molecular complexity index is 668. The van der Waals surface area contributed by atoms with Crippen molar-refractivity contribution < 1.29 is 19.4 Å². The number of amides is 1. The highest BCUT2D eigenvalue weighted by atomic mass is 16.5. The van der Waals surface area contributed by atoms with Crippen LogP contribution in [0.1, 0.15) is 25.3 Å². The summed E-state index contributed by atoms with van der Waals surface area (Å²) < 4.78 is 5.68. The molecule has 0 bridgehead atoms. The van der Waals surface area contributed by atoms with Crippen LogP contribution >= 0.6 is 0 Å². The van der Waals surface area contributed by atoms with Crippen LogP contribution in [0.25, 0.3) is 0 Å². The van der Waals surface area contributed by atoms with Crippen molar-refractivity contribution in [1.29, 1.82) is 0 Å². The Morgan fingerprint density at radius 3 is 2.33 bits per heavy atom. The number of carbonyl (C=O) groups excluding carboxylic acids is 2. The van der Waals surface area contributed by atoms with Crippen molar-refractivity contribution in [2.24, 2.45) is 5.92 Å². The average molecular weight is 326 g/mol. The van der Waals surface area contributed by atoms with Crippen LogP contribution in [0.2, 0.25) is 0 Å². The lowest BCUT2D eigenvalue weighted by Gasteiger charge is -2.12. The summed E-state index contributed by atoms with van der Waals surface area (Å²) in [4.78, 5) is 22.3. The number of benzene rings is 2. The molecule has 0 fully saturated rings. The summed E-state index contributed by atoms with van der Waals surface area (Å²) in [5.41, 5.74) is 1.73. The summed E-state index contributed by atoms with van der Waals surface area (Å²) in [5, 5.41) is 13.2. The second-order valence-corrected chi connectivity index (χ2v) is 5.73. The molecule has 0 saturated heterocycles. The number of carbonyl (C=O) groups is 2. The van der Waals surface area contributed by atoms with E-state index in [1.807, 2.05) is 30.3 Å². The minimum atomic E-state index is -1.14. The van der Waals surface area contributed by atoms with Gasteiger partial charge >= 0.3 is 0 Å². The number of rotatable bonds is 8. The predicted octanol–water partition coefficient (Wildman–Crippen LogP) is 2.37. The van der Waals surface area contributed by atoms with Crippen molar-refractivity contribution in [3.63, 3.8) is 0 Å². The zero-order valence-corrected chi connectivity index (χ0v) is 13.5. The van der Waals surface area contributed by atoms with Gasteiger partial charge < -0.3 is 20.0 Å². The molecule has 126 valence electrons. The van der Waals surface area contributed by atoms with Gasteiger partial charge in [-0.25, -0.2) is 0 Å². The molecule has 0 aromatic heterocycles. The molecule has 2 aromatic carbocycles. The van der Waals surface area contributed by atoms with Gasteiger partial charge in [0.1, 0.15) is 12.4 Å². The van der Waals surface area contributed by atoms with Gasteiger partial charge in [-0.1, -0.05) is 37.3 Å². The highest BCUT2D eigenvalue weighted by molar-refractivity contribution is 5.91. The Morgan fingerprint density at radius 2 is 1.71 bits per heavy atom. The first-order valence-corrected chi connectivity index (χ1v) is 7.79. The molecule has 5 heteroatoms. The lowest BCUT2D eigenvalue weighted by atomic mass is 10.0. The lowest BCUT2D eigenvalue weighted by molar-refractivity contribution is -0.306. The van der Waals surface area contributed by atoms with E-state index in [0.717, 1.165) is 5.56 Å². The molecule has 24 heavy (non-hydrogen) atoms. The summed E-state index contributed by atoms with van der Waals surface area (Å²) in [5.74, 6) is -0.914. The minimum Gasteiger partial charge on any atom is -0.550 e. The maximum absolute atomic E-state index is 11.8. The molecule has 0 saturated carbocycles. The van der Waals surface area contributed by atoms with Crippen LogP contribution in [0.3, 0.4) is 0 Å². The minimum absolute atomic E-state index is 0.125. The van der Waals surface area contributed by atoms with Gasteiger partial charge in [-0.2, -0.15) is 0 Å². The van der Waals surface area contributed by atoms with Gasteiger partial charge in [0.2, 0.25) is 5.91 Å². The van der Waals surface area contributed by atoms with Gasteiger partial charge in [0.25, 0.3) is 0 Å². The summed E-state index contributed by atoms with van der Waals surface area (Å²) in [6.45, 7) is 2.18. The molecule has 5 nitrogen and oxygen atoms in total. The van der Waals surface area contributed by atoms with E-state index in [-0.39, 0.29) is 24.7 Å². The molecule has 1 N–H and O–H groups in total. The van der Waals surface area contributed by atoms with Crippen LogP contribution in [0.15, 0.2) is 54.6 Å².